The first-order chi connectivity index (χ1) is 11.0. The minimum absolute atomic E-state index is 0.157. The number of ketones is 2. The molecule has 6 nitrogen and oxygen atoms in total. The van der Waals surface area contributed by atoms with E-state index in [1.807, 2.05) is 0 Å². The maximum atomic E-state index is 13.1. The van der Waals surface area contributed by atoms with Gasteiger partial charge in [0.1, 0.15) is 22.8 Å². The van der Waals surface area contributed by atoms with Crippen LogP contribution in [-0.2, 0) is 9.53 Å². The van der Waals surface area contributed by atoms with Gasteiger partial charge < -0.3 is 18.9 Å². The molecule has 23 heavy (non-hydrogen) atoms. The number of carbonyl (C=O) groups is 2. The van der Waals surface area contributed by atoms with Gasteiger partial charge in [-0.2, -0.15) is 0 Å². The van der Waals surface area contributed by atoms with Gasteiger partial charge in [0.25, 0.3) is 0 Å². The molecule has 120 valence electrons. The first-order valence-corrected chi connectivity index (χ1v) is 6.96. The molecule has 0 aromatic heterocycles. The topological polar surface area (TPSA) is 71.1 Å². The van der Waals surface area contributed by atoms with Crippen LogP contribution in [0, 0.1) is 0 Å². The fourth-order valence-corrected chi connectivity index (χ4v) is 2.94. The molecule has 0 radical (unpaired) electrons. The van der Waals surface area contributed by atoms with Crippen LogP contribution in [0.4, 0.5) is 0 Å². The third-order valence-corrected chi connectivity index (χ3v) is 4.06. The van der Waals surface area contributed by atoms with Crippen LogP contribution in [0.5, 0.6) is 17.2 Å². The van der Waals surface area contributed by atoms with Crippen molar-refractivity contribution in [2.24, 2.45) is 0 Å². The molecular weight excluding hydrogens is 300 g/mol. The van der Waals surface area contributed by atoms with Crippen molar-refractivity contribution in [1.29, 1.82) is 0 Å². The number of allylic oxidation sites excluding steroid dienone is 2. The van der Waals surface area contributed by atoms with Crippen LogP contribution in [0.25, 0.3) is 0 Å². The van der Waals surface area contributed by atoms with Gasteiger partial charge in [0, 0.05) is 18.2 Å². The standard InChI is InChI=1S/C17H16O6/c1-9-5-10(18)6-14(22-4)17(9)16(19)15-12(21-3)7-11(20-2)8-13(15)23-17/h5-8H,1-4H3/t17-/m0/s1. The lowest BCUT2D eigenvalue weighted by Crippen LogP contribution is -2.46. The number of rotatable bonds is 3. The van der Waals surface area contributed by atoms with E-state index in [-0.39, 0.29) is 17.3 Å². The summed E-state index contributed by atoms with van der Waals surface area (Å²) in [5.74, 6) is 0.757. The molecule has 1 aliphatic heterocycles. The number of methoxy groups -OCH3 is 3. The number of Topliss-reactive ketones (excluding diaryl/α,β-unsaturated/α-hetero) is 1. The van der Waals surface area contributed by atoms with E-state index in [0.29, 0.717) is 28.4 Å². The third-order valence-electron chi connectivity index (χ3n) is 4.06. The Bertz CT molecular complexity index is 774. The Labute approximate surface area is 133 Å². The van der Waals surface area contributed by atoms with Crippen molar-refractivity contribution >= 4 is 11.6 Å². The van der Waals surface area contributed by atoms with Gasteiger partial charge in [0.05, 0.1) is 21.3 Å². The molecule has 1 spiro atoms. The monoisotopic (exact) mass is 316 g/mol. The van der Waals surface area contributed by atoms with Crippen molar-refractivity contribution in [3.05, 3.63) is 41.2 Å². The Morgan fingerprint density at radius 1 is 1.00 bits per heavy atom. The minimum atomic E-state index is -1.47. The zero-order valence-corrected chi connectivity index (χ0v) is 13.3. The summed E-state index contributed by atoms with van der Waals surface area (Å²) in [5.41, 5.74) is -0.701. The number of ether oxygens (including phenoxy) is 4. The molecule has 0 saturated heterocycles. The summed E-state index contributed by atoms with van der Waals surface area (Å²) in [4.78, 5) is 24.9. The van der Waals surface area contributed by atoms with Gasteiger partial charge in [-0.3, -0.25) is 9.59 Å². The highest BCUT2D eigenvalue weighted by atomic mass is 16.6. The second-order valence-corrected chi connectivity index (χ2v) is 5.26. The van der Waals surface area contributed by atoms with Gasteiger partial charge in [-0.05, 0) is 18.6 Å². The van der Waals surface area contributed by atoms with Crippen LogP contribution >= 0.6 is 0 Å². The quantitative estimate of drug-likeness (QED) is 0.850. The van der Waals surface area contributed by atoms with Gasteiger partial charge in [-0.15, -0.1) is 0 Å². The van der Waals surface area contributed by atoms with E-state index in [1.54, 1.807) is 19.1 Å². The molecule has 1 aromatic rings. The highest BCUT2D eigenvalue weighted by Gasteiger charge is 2.56. The Morgan fingerprint density at radius 2 is 1.74 bits per heavy atom. The summed E-state index contributed by atoms with van der Waals surface area (Å²) in [7, 11) is 4.38. The van der Waals surface area contributed by atoms with E-state index in [4.69, 9.17) is 18.9 Å². The molecule has 1 aliphatic carbocycles. The average Bonchev–Trinajstić information content (AvgIpc) is 2.84. The molecule has 0 bridgehead atoms. The normalized spacial score (nSPS) is 22.3. The van der Waals surface area contributed by atoms with Gasteiger partial charge in [-0.1, -0.05) is 0 Å². The van der Waals surface area contributed by atoms with Crippen molar-refractivity contribution in [2.75, 3.05) is 21.3 Å². The number of fused-ring (bicyclic) bond motifs is 1. The lowest BCUT2D eigenvalue weighted by molar-refractivity contribution is -0.111. The molecule has 1 atom stereocenters. The molecule has 2 aliphatic rings. The van der Waals surface area contributed by atoms with Crippen molar-refractivity contribution < 1.29 is 28.5 Å². The summed E-state index contributed by atoms with van der Waals surface area (Å²) < 4.78 is 21.8. The van der Waals surface area contributed by atoms with Gasteiger partial charge in [0.15, 0.2) is 11.5 Å². The Balaban J connectivity index is 2.22. The van der Waals surface area contributed by atoms with Crippen LogP contribution in [0.1, 0.15) is 17.3 Å². The van der Waals surface area contributed by atoms with Crippen LogP contribution in [-0.4, -0.2) is 38.5 Å². The second-order valence-electron chi connectivity index (χ2n) is 5.26. The smallest absolute Gasteiger partial charge is 0.249 e. The van der Waals surface area contributed by atoms with E-state index in [0.717, 1.165) is 0 Å². The predicted molar refractivity (Wildman–Crippen MR) is 81.1 cm³/mol. The molecule has 1 heterocycles. The number of benzene rings is 1. The molecule has 0 amide bonds. The van der Waals surface area contributed by atoms with Crippen LogP contribution in [0.2, 0.25) is 0 Å². The average molecular weight is 316 g/mol. The van der Waals surface area contributed by atoms with Crippen molar-refractivity contribution in [3.8, 4) is 17.2 Å². The van der Waals surface area contributed by atoms with Crippen molar-refractivity contribution in [3.63, 3.8) is 0 Å². The van der Waals surface area contributed by atoms with Gasteiger partial charge in [-0.25, -0.2) is 0 Å². The van der Waals surface area contributed by atoms with E-state index in [9.17, 15) is 9.59 Å². The Morgan fingerprint density at radius 3 is 2.35 bits per heavy atom. The molecule has 0 saturated carbocycles. The van der Waals surface area contributed by atoms with Gasteiger partial charge >= 0.3 is 0 Å². The van der Waals surface area contributed by atoms with Gasteiger partial charge in [0.2, 0.25) is 11.4 Å². The molecular formula is C17H16O6. The van der Waals surface area contributed by atoms with Crippen LogP contribution in [0.3, 0.4) is 0 Å². The maximum absolute atomic E-state index is 13.1. The first-order valence-electron chi connectivity index (χ1n) is 6.96. The summed E-state index contributed by atoms with van der Waals surface area (Å²) in [6.45, 7) is 1.66. The second kappa shape index (κ2) is 5.15. The molecule has 3 rings (SSSR count). The zero-order valence-electron chi connectivity index (χ0n) is 13.3. The zero-order chi connectivity index (χ0) is 16.8. The van der Waals surface area contributed by atoms with Crippen LogP contribution < -0.4 is 14.2 Å². The summed E-state index contributed by atoms with van der Waals surface area (Å²) in [5, 5.41) is 0. The van der Waals surface area contributed by atoms with Crippen molar-refractivity contribution in [1.82, 2.24) is 0 Å². The predicted octanol–water partition coefficient (Wildman–Crippen LogP) is 2.08. The third kappa shape index (κ3) is 1.94. The summed E-state index contributed by atoms with van der Waals surface area (Å²) in [6.07, 6.45) is 2.64. The Kier molecular flexibility index (Phi) is 3.39. The van der Waals surface area contributed by atoms with Crippen LogP contribution in [0.15, 0.2) is 35.6 Å². The van der Waals surface area contributed by atoms with E-state index in [2.05, 4.69) is 0 Å². The lowest BCUT2D eigenvalue weighted by atomic mass is 9.82. The molecule has 6 heteroatoms. The Hall–Kier alpha value is -2.76. The maximum Gasteiger partial charge on any atom is 0.249 e. The fourth-order valence-electron chi connectivity index (χ4n) is 2.94. The molecule has 0 fully saturated rings. The van der Waals surface area contributed by atoms with E-state index < -0.39 is 5.60 Å². The summed E-state index contributed by atoms with van der Waals surface area (Å²) >= 11 is 0. The highest BCUT2D eigenvalue weighted by molar-refractivity contribution is 6.16. The number of hydrogen-bond acceptors (Lipinski definition) is 6. The first kappa shape index (κ1) is 15.1. The SMILES string of the molecule is COC1=CC(=O)C=C(C)[C@]12Oc1cc(OC)cc(OC)c1C2=O. The summed E-state index contributed by atoms with van der Waals surface area (Å²) in [6, 6.07) is 3.23. The largest absolute Gasteiger partial charge is 0.496 e. The molecule has 1 aromatic carbocycles. The number of carbonyl (C=O) groups excluding carboxylic acids is 2. The minimum Gasteiger partial charge on any atom is -0.496 e. The fraction of sp³-hybridized carbons (Fsp3) is 0.294. The molecule has 0 N–H and O–H groups in total. The molecule has 0 unspecified atom stereocenters. The van der Waals surface area contributed by atoms with E-state index in [1.165, 1.54) is 33.5 Å². The lowest BCUT2D eigenvalue weighted by Gasteiger charge is -2.31. The van der Waals surface area contributed by atoms with Crippen molar-refractivity contribution in [2.45, 2.75) is 12.5 Å². The van der Waals surface area contributed by atoms with E-state index >= 15 is 0 Å². The highest BCUT2D eigenvalue weighted by Crippen LogP contribution is 2.49. The number of hydrogen-bond donors (Lipinski definition) is 0.